The Labute approximate surface area is 261 Å². The number of aliphatic hydroxyl groups is 1. The summed E-state index contributed by atoms with van der Waals surface area (Å²) in [7, 11) is -0.637. The van der Waals surface area contributed by atoms with Gasteiger partial charge in [0.2, 0.25) is 5.91 Å². The van der Waals surface area contributed by atoms with Gasteiger partial charge in [0.05, 0.1) is 36.6 Å². The SMILES string of the molecule is COc1ccc(S(=O)(=O)Nc2ccc3c(c2)CC(=O)N([C@@H](C)CO)C[C@H](C)[C@@H](CN(C)Cc2ccc(C(F)(F)F)cc2)O3)cc1. The number of hydrogen-bond acceptors (Lipinski definition) is 7. The van der Waals surface area contributed by atoms with Gasteiger partial charge in [-0.05, 0) is 74.1 Å². The van der Waals surface area contributed by atoms with Gasteiger partial charge in [0.25, 0.3) is 10.0 Å². The van der Waals surface area contributed by atoms with E-state index in [4.69, 9.17) is 9.47 Å². The first-order valence-corrected chi connectivity index (χ1v) is 15.9. The van der Waals surface area contributed by atoms with E-state index in [0.29, 0.717) is 42.3 Å². The minimum Gasteiger partial charge on any atom is -0.497 e. The molecule has 1 heterocycles. The summed E-state index contributed by atoms with van der Waals surface area (Å²) in [5.74, 6) is 0.477. The average molecular weight is 650 g/mol. The van der Waals surface area contributed by atoms with Crippen molar-refractivity contribution in [1.29, 1.82) is 0 Å². The highest BCUT2D eigenvalue weighted by molar-refractivity contribution is 7.92. The zero-order valence-electron chi connectivity index (χ0n) is 25.5. The molecule has 2 N–H and O–H groups in total. The van der Waals surface area contributed by atoms with E-state index in [1.54, 1.807) is 30.0 Å². The van der Waals surface area contributed by atoms with Gasteiger partial charge in [-0.2, -0.15) is 13.2 Å². The molecule has 244 valence electrons. The van der Waals surface area contributed by atoms with E-state index in [2.05, 4.69) is 4.72 Å². The van der Waals surface area contributed by atoms with Crippen LogP contribution in [0.5, 0.6) is 11.5 Å². The number of halogens is 3. The Morgan fingerprint density at radius 2 is 1.78 bits per heavy atom. The summed E-state index contributed by atoms with van der Waals surface area (Å²) in [6, 6.07) is 15.2. The van der Waals surface area contributed by atoms with Crippen LogP contribution in [0.3, 0.4) is 0 Å². The highest BCUT2D eigenvalue weighted by Gasteiger charge is 2.32. The van der Waals surface area contributed by atoms with Gasteiger partial charge >= 0.3 is 6.18 Å². The van der Waals surface area contributed by atoms with Gasteiger partial charge < -0.3 is 19.5 Å². The number of aliphatic hydroxyl groups excluding tert-OH is 1. The number of benzene rings is 3. The van der Waals surface area contributed by atoms with Crippen molar-refractivity contribution in [2.45, 2.75) is 50.0 Å². The number of sulfonamides is 1. The number of carbonyl (C=O) groups excluding carboxylic acids is 1. The fourth-order valence-corrected chi connectivity index (χ4v) is 6.21. The molecule has 1 aliphatic rings. The van der Waals surface area contributed by atoms with E-state index in [9.17, 15) is 31.5 Å². The largest absolute Gasteiger partial charge is 0.497 e. The lowest BCUT2D eigenvalue weighted by molar-refractivity contribution is -0.137. The Balaban J connectivity index is 1.59. The number of hydrogen-bond donors (Lipinski definition) is 2. The molecular weight excluding hydrogens is 611 g/mol. The Morgan fingerprint density at radius 1 is 1.11 bits per heavy atom. The molecule has 4 rings (SSSR count). The summed E-state index contributed by atoms with van der Waals surface area (Å²) < 4.78 is 79.3. The number of alkyl halides is 3. The first-order chi connectivity index (χ1) is 21.2. The Morgan fingerprint density at radius 3 is 2.38 bits per heavy atom. The van der Waals surface area contributed by atoms with Gasteiger partial charge in [0.15, 0.2) is 0 Å². The van der Waals surface area contributed by atoms with E-state index in [-0.39, 0.29) is 35.4 Å². The molecule has 0 bridgehead atoms. The molecule has 0 aromatic heterocycles. The van der Waals surface area contributed by atoms with E-state index >= 15 is 0 Å². The standard InChI is InChI=1S/C32H38F3N3O6S/c1-21-17-38(22(2)20-39)31(40)16-24-15-26(36-45(41,42)28-12-10-27(43-4)11-13-28)9-14-29(24)44-30(21)19-37(3)18-23-5-7-25(8-6-23)32(33,34)35/h5-15,21-22,30,36,39H,16-20H2,1-4H3/t21-,22-,30+/m0/s1. The lowest BCUT2D eigenvalue weighted by Gasteiger charge is -2.34. The van der Waals surface area contributed by atoms with Gasteiger partial charge in [-0.25, -0.2) is 8.42 Å². The summed E-state index contributed by atoms with van der Waals surface area (Å²) in [5, 5.41) is 9.89. The van der Waals surface area contributed by atoms with Crippen molar-refractivity contribution < 1.29 is 41.0 Å². The average Bonchev–Trinajstić information content (AvgIpc) is 3.03. The molecule has 1 amide bonds. The lowest BCUT2D eigenvalue weighted by atomic mass is 10.0. The number of nitrogens with zero attached hydrogens (tertiary/aromatic N) is 2. The molecule has 3 aromatic carbocycles. The van der Waals surface area contributed by atoms with Crippen molar-refractivity contribution in [2.24, 2.45) is 5.92 Å². The van der Waals surface area contributed by atoms with Crippen molar-refractivity contribution in [3.63, 3.8) is 0 Å². The summed E-state index contributed by atoms with van der Waals surface area (Å²) in [4.78, 5) is 17.1. The number of methoxy groups -OCH3 is 1. The first-order valence-electron chi connectivity index (χ1n) is 14.4. The molecule has 9 nitrogen and oxygen atoms in total. The highest BCUT2D eigenvalue weighted by Crippen LogP contribution is 2.31. The Bertz CT molecular complexity index is 1570. The fraction of sp³-hybridized carbons (Fsp3) is 0.406. The van der Waals surface area contributed by atoms with Crippen LogP contribution in [0.1, 0.15) is 30.5 Å². The zero-order chi connectivity index (χ0) is 32.9. The van der Waals surface area contributed by atoms with Crippen molar-refractivity contribution in [3.8, 4) is 11.5 Å². The smallest absolute Gasteiger partial charge is 0.416 e. The lowest BCUT2D eigenvalue weighted by Crippen LogP contribution is -2.47. The molecule has 0 radical (unpaired) electrons. The van der Waals surface area contributed by atoms with Crippen molar-refractivity contribution >= 4 is 21.6 Å². The third-order valence-electron chi connectivity index (χ3n) is 7.76. The molecule has 3 aromatic rings. The molecule has 0 aliphatic carbocycles. The third-order valence-corrected chi connectivity index (χ3v) is 9.16. The van der Waals surface area contributed by atoms with Gasteiger partial charge in [0.1, 0.15) is 17.6 Å². The highest BCUT2D eigenvalue weighted by atomic mass is 32.2. The van der Waals surface area contributed by atoms with Crippen molar-refractivity contribution in [3.05, 3.63) is 83.4 Å². The normalized spacial score (nSPS) is 18.3. The van der Waals surface area contributed by atoms with Crippen LogP contribution >= 0.6 is 0 Å². The maximum Gasteiger partial charge on any atom is 0.416 e. The molecule has 45 heavy (non-hydrogen) atoms. The molecule has 13 heteroatoms. The number of carbonyl (C=O) groups is 1. The van der Waals surface area contributed by atoms with Crippen LogP contribution in [0.15, 0.2) is 71.6 Å². The number of anilines is 1. The van der Waals surface area contributed by atoms with Gasteiger partial charge in [-0.1, -0.05) is 19.1 Å². The zero-order valence-corrected chi connectivity index (χ0v) is 26.4. The quantitative estimate of drug-likeness (QED) is 0.325. The Kier molecular flexibility index (Phi) is 10.7. The number of likely N-dealkylation sites (N-methyl/N-ethyl adjacent to an activating group) is 1. The Hall–Kier alpha value is -3.81. The van der Waals surface area contributed by atoms with Gasteiger partial charge in [-0.3, -0.25) is 14.4 Å². The summed E-state index contributed by atoms with van der Waals surface area (Å²) in [6.07, 6.45) is -4.95. The van der Waals surface area contributed by atoms with Gasteiger partial charge in [0, 0.05) is 36.8 Å². The number of amides is 1. The summed E-state index contributed by atoms with van der Waals surface area (Å²) >= 11 is 0. The number of rotatable bonds is 10. The topological polar surface area (TPSA) is 108 Å². The van der Waals surface area contributed by atoms with E-state index in [1.807, 2.05) is 18.9 Å². The minimum absolute atomic E-state index is 0.0343. The van der Waals surface area contributed by atoms with Crippen LogP contribution in [0.2, 0.25) is 0 Å². The van der Waals surface area contributed by atoms with Crippen LogP contribution in [0.4, 0.5) is 18.9 Å². The maximum absolute atomic E-state index is 13.5. The van der Waals surface area contributed by atoms with Crippen molar-refractivity contribution in [2.75, 3.05) is 38.6 Å². The fourth-order valence-electron chi connectivity index (χ4n) is 5.16. The van der Waals surface area contributed by atoms with Crippen LogP contribution in [0.25, 0.3) is 0 Å². The molecule has 0 fully saturated rings. The summed E-state index contributed by atoms with van der Waals surface area (Å²) in [6.45, 7) is 4.47. The summed E-state index contributed by atoms with van der Waals surface area (Å²) in [5.41, 5.74) is 0.689. The number of ether oxygens (including phenoxy) is 2. The maximum atomic E-state index is 13.5. The molecular formula is C32H38F3N3O6S. The van der Waals surface area contributed by atoms with Crippen molar-refractivity contribution in [1.82, 2.24) is 9.80 Å². The second-order valence-electron chi connectivity index (χ2n) is 11.4. The second kappa shape index (κ2) is 14.1. The monoisotopic (exact) mass is 649 g/mol. The van der Waals surface area contributed by atoms with Crippen LogP contribution in [-0.2, 0) is 34.0 Å². The predicted octanol–water partition coefficient (Wildman–Crippen LogP) is 4.80. The van der Waals surface area contributed by atoms with E-state index in [0.717, 1.165) is 12.1 Å². The molecule has 3 atom stereocenters. The predicted molar refractivity (Wildman–Crippen MR) is 164 cm³/mol. The van der Waals surface area contributed by atoms with E-state index in [1.165, 1.54) is 43.5 Å². The van der Waals surface area contributed by atoms with Crippen LogP contribution < -0.4 is 14.2 Å². The van der Waals surface area contributed by atoms with Crippen LogP contribution in [0, 0.1) is 5.92 Å². The van der Waals surface area contributed by atoms with Crippen LogP contribution in [-0.4, -0.2) is 75.2 Å². The number of nitrogens with one attached hydrogen (secondary N) is 1. The minimum atomic E-state index is -4.41. The molecule has 0 spiro atoms. The second-order valence-corrected chi connectivity index (χ2v) is 13.1. The molecule has 0 saturated carbocycles. The first kappa shape index (κ1) is 34.1. The van der Waals surface area contributed by atoms with E-state index < -0.39 is 33.9 Å². The third kappa shape index (κ3) is 8.68. The molecule has 0 saturated heterocycles. The number of fused-ring (bicyclic) bond motifs is 1. The molecule has 0 unspecified atom stereocenters. The van der Waals surface area contributed by atoms with Gasteiger partial charge in [-0.15, -0.1) is 0 Å². The molecule has 1 aliphatic heterocycles.